The number of halogens is 1. The highest BCUT2D eigenvalue weighted by molar-refractivity contribution is 5.59. The van der Waals surface area contributed by atoms with Gasteiger partial charge in [-0.05, 0) is 55.8 Å². The Bertz CT molecular complexity index is 462. The number of anilines is 2. The number of nitrogens with zero attached hydrogens (tertiary/aromatic N) is 2. The fourth-order valence-corrected chi connectivity index (χ4v) is 1.87. The highest BCUT2D eigenvalue weighted by Crippen LogP contribution is 2.24. The molecule has 0 amide bonds. The SMILES string of the molecule is Cc1ccc(N(CCCN)c2ccc(F)cc2)nc1. The lowest BCUT2D eigenvalue weighted by atomic mass is 10.2. The predicted octanol–water partition coefficient (Wildman–Crippen LogP) is 3.02. The number of aromatic nitrogens is 1. The van der Waals surface area contributed by atoms with Crippen LogP contribution < -0.4 is 10.6 Å². The molecule has 0 saturated carbocycles. The van der Waals surface area contributed by atoms with Gasteiger partial charge in [0.15, 0.2) is 0 Å². The smallest absolute Gasteiger partial charge is 0.132 e. The molecule has 100 valence electrons. The van der Waals surface area contributed by atoms with Crippen LogP contribution in [0, 0.1) is 12.7 Å². The van der Waals surface area contributed by atoms with E-state index in [4.69, 9.17) is 5.73 Å². The average Bonchev–Trinajstić information content (AvgIpc) is 2.43. The van der Waals surface area contributed by atoms with E-state index in [0.717, 1.165) is 30.0 Å². The van der Waals surface area contributed by atoms with Crippen molar-refractivity contribution >= 4 is 11.5 Å². The van der Waals surface area contributed by atoms with E-state index in [1.165, 1.54) is 12.1 Å². The Labute approximate surface area is 112 Å². The summed E-state index contributed by atoms with van der Waals surface area (Å²) in [6.45, 7) is 3.38. The maximum Gasteiger partial charge on any atom is 0.132 e. The first-order valence-corrected chi connectivity index (χ1v) is 6.36. The number of hydrogen-bond donors (Lipinski definition) is 1. The van der Waals surface area contributed by atoms with Crippen LogP contribution in [0.3, 0.4) is 0 Å². The average molecular weight is 259 g/mol. The lowest BCUT2D eigenvalue weighted by molar-refractivity contribution is 0.627. The second-order valence-electron chi connectivity index (χ2n) is 4.46. The fourth-order valence-electron chi connectivity index (χ4n) is 1.87. The minimum Gasteiger partial charge on any atom is -0.330 e. The maximum absolute atomic E-state index is 13.0. The summed E-state index contributed by atoms with van der Waals surface area (Å²) < 4.78 is 13.0. The lowest BCUT2D eigenvalue weighted by Gasteiger charge is -2.23. The van der Waals surface area contributed by atoms with Gasteiger partial charge in [-0.15, -0.1) is 0 Å². The zero-order chi connectivity index (χ0) is 13.7. The normalized spacial score (nSPS) is 10.5. The van der Waals surface area contributed by atoms with Crippen molar-refractivity contribution in [3.05, 3.63) is 54.0 Å². The van der Waals surface area contributed by atoms with Crippen molar-refractivity contribution in [1.82, 2.24) is 4.98 Å². The third kappa shape index (κ3) is 3.51. The summed E-state index contributed by atoms with van der Waals surface area (Å²) in [6, 6.07) is 10.4. The molecule has 2 N–H and O–H groups in total. The van der Waals surface area contributed by atoms with Crippen LogP contribution in [0.2, 0.25) is 0 Å². The summed E-state index contributed by atoms with van der Waals surface area (Å²) in [4.78, 5) is 6.47. The number of nitrogens with two attached hydrogens (primary N) is 1. The molecule has 0 fully saturated rings. The van der Waals surface area contributed by atoms with Crippen LogP contribution in [0.4, 0.5) is 15.9 Å². The highest BCUT2D eigenvalue weighted by Gasteiger charge is 2.10. The molecule has 0 radical (unpaired) electrons. The van der Waals surface area contributed by atoms with Crippen molar-refractivity contribution in [3.8, 4) is 0 Å². The van der Waals surface area contributed by atoms with Crippen LogP contribution in [0.1, 0.15) is 12.0 Å². The van der Waals surface area contributed by atoms with Gasteiger partial charge in [-0.2, -0.15) is 0 Å². The first kappa shape index (κ1) is 13.5. The Morgan fingerprint density at radius 2 is 1.89 bits per heavy atom. The van der Waals surface area contributed by atoms with E-state index in [9.17, 15) is 4.39 Å². The topological polar surface area (TPSA) is 42.1 Å². The first-order valence-electron chi connectivity index (χ1n) is 6.36. The molecule has 1 heterocycles. The van der Waals surface area contributed by atoms with Crippen molar-refractivity contribution in [3.63, 3.8) is 0 Å². The summed E-state index contributed by atoms with van der Waals surface area (Å²) in [5.74, 6) is 0.616. The third-order valence-electron chi connectivity index (χ3n) is 2.90. The highest BCUT2D eigenvalue weighted by atomic mass is 19.1. The lowest BCUT2D eigenvalue weighted by Crippen LogP contribution is -2.21. The Hall–Kier alpha value is -1.94. The van der Waals surface area contributed by atoms with E-state index in [1.807, 2.05) is 30.2 Å². The number of aryl methyl sites for hydroxylation is 1. The maximum atomic E-state index is 13.0. The molecule has 4 heteroatoms. The molecule has 0 aliphatic rings. The second kappa shape index (κ2) is 6.29. The molecule has 0 unspecified atom stereocenters. The summed E-state index contributed by atoms with van der Waals surface area (Å²) in [5, 5.41) is 0. The summed E-state index contributed by atoms with van der Waals surface area (Å²) in [7, 11) is 0. The molecule has 0 bridgehead atoms. The number of hydrogen-bond acceptors (Lipinski definition) is 3. The predicted molar refractivity (Wildman–Crippen MR) is 76.1 cm³/mol. The molecule has 2 aromatic rings. The van der Waals surface area contributed by atoms with E-state index in [1.54, 1.807) is 12.1 Å². The van der Waals surface area contributed by atoms with Crippen molar-refractivity contribution in [2.45, 2.75) is 13.3 Å². The van der Waals surface area contributed by atoms with Crippen molar-refractivity contribution < 1.29 is 4.39 Å². The van der Waals surface area contributed by atoms with Gasteiger partial charge >= 0.3 is 0 Å². The molecule has 0 aliphatic carbocycles. The fraction of sp³-hybridized carbons (Fsp3) is 0.267. The van der Waals surface area contributed by atoms with Gasteiger partial charge in [0, 0.05) is 18.4 Å². The third-order valence-corrected chi connectivity index (χ3v) is 2.90. The van der Waals surface area contributed by atoms with E-state index >= 15 is 0 Å². The van der Waals surface area contributed by atoms with Gasteiger partial charge in [-0.1, -0.05) is 6.07 Å². The molecule has 0 aliphatic heterocycles. The largest absolute Gasteiger partial charge is 0.330 e. The van der Waals surface area contributed by atoms with Crippen LogP contribution >= 0.6 is 0 Å². The van der Waals surface area contributed by atoms with E-state index in [0.29, 0.717) is 6.54 Å². The summed E-state index contributed by atoms with van der Waals surface area (Å²) in [5.41, 5.74) is 7.61. The van der Waals surface area contributed by atoms with Gasteiger partial charge in [0.2, 0.25) is 0 Å². The van der Waals surface area contributed by atoms with Gasteiger partial charge in [0.1, 0.15) is 11.6 Å². The summed E-state index contributed by atoms with van der Waals surface area (Å²) in [6.07, 6.45) is 2.68. The Morgan fingerprint density at radius 1 is 1.16 bits per heavy atom. The molecule has 1 aromatic heterocycles. The molecule has 19 heavy (non-hydrogen) atoms. The van der Waals surface area contributed by atoms with Gasteiger partial charge in [-0.3, -0.25) is 0 Å². The molecular formula is C15H18FN3. The Balaban J connectivity index is 2.29. The van der Waals surface area contributed by atoms with Gasteiger partial charge in [0.25, 0.3) is 0 Å². The Kier molecular flexibility index (Phi) is 4.47. The molecular weight excluding hydrogens is 241 g/mol. The van der Waals surface area contributed by atoms with Crippen LogP contribution in [0.15, 0.2) is 42.6 Å². The number of pyridine rings is 1. The van der Waals surface area contributed by atoms with Crippen LogP contribution in [-0.4, -0.2) is 18.1 Å². The molecule has 0 saturated heterocycles. The molecule has 1 aromatic carbocycles. The quantitative estimate of drug-likeness (QED) is 0.897. The molecule has 0 atom stereocenters. The second-order valence-corrected chi connectivity index (χ2v) is 4.46. The van der Waals surface area contributed by atoms with E-state index < -0.39 is 0 Å². The molecule has 3 nitrogen and oxygen atoms in total. The van der Waals surface area contributed by atoms with Crippen molar-refractivity contribution in [2.75, 3.05) is 18.0 Å². The number of rotatable bonds is 5. The zero-order valence-corrected chi connectivity index (χ0v) is 11.0. The van der Waals surface area contributed by atoms with Crippen molar-refractivity contribution in [1.29, 1.82) is 0 Å². The van der Waals surface area contributed by atoms with Crippen LogP contribution in [0.5, 0.6) is 0 Å². The first-order chi connectivity index (χ1) is 9.20. The van der Waals surface area contributed by atoms with Gasteiger partial charge in [-0.25, -0.2) is 9.37 Å². The van der Waals surface area contributed by atoms with Gasteiger partial charge in [0.05, 0.1) is 0 Å². The minimum atomic E-state index is -0.237. The zero-order valence-electron chi connectivity index (χ0n) is 11.0. The molecule has 0 spiro atoms. The van der Waals surface area contributed by atoms with Crippen LogP contribution in [0.25, 0.3) is 0 Å². The Morgan fingerprint density at radius 3 is 2.47 bits per heavy atom. The van der Waals surface area contributed by atoms with E-state index in [2.05, 4.69) is 4.98 Å². The standard InChI is InChI=1S/C15H18FN3/c1-12-3-8-15(18-11-12)19(10-2-9-17)14-6-4-13(16)5-7-14/h3-8,11H,2,9-10,17H2,1H3. The molecule has 2 rings (SSSR count). The summed E-state index contributed by atoms with van der Waals surface area (Å²) >= 11 is 0. The van der Waals surface area contributed by atoms with Crippen LogP contribution in [-0.2, 0) is 0 Å². The minimum absolute atomic E-state index is 0.237. The monoisotopic (exact) mass is 259 g/mol. The van der Waals surface area contributed by atoms with E-state index in [-0.39, 0.29) is 5.82 Å². The number of benzene rings is 1. The van der Waals surface area contributed by atoms with Crippen molar-refractivity contribution in [2.24, 2.45) is 5.73 Å². The van der Waals surface area contributed by atoms with Gasteiger partial charge < -0.3 is 10.6 Å².